The summed E-state index contributed by atoms with van der Waals surface area (Å²) in [6.07, 6.45) is 12.0. The lowest BCUT2D eigenvalue weighted by Gasteiger charge is -2.37. The van der Waals surface area contributed by atoms with Gasteiger partial charge in [0.05, 0.1) is 31.0 Å². The van der Waals surface area contributed by atoms with Gasteiger partial charge in [-0.3, -0.25) is 24.3 Å². The van der Waals surface area contributed by atoms with E-state index in [0.717, 1.165) is 66.2 Å². The van der Waals surface area contributed by atoms with Crippen LogP contribution in [0.1, 0.15) is 107 Å². The number of allylic oxidation sites excluding steroid dienone is 1. The fourth-order valence-electron chi connectivity index (χ4n) is 9.70. The number of nitrogens with zero attached hydrogens (tertiary/aromatic N) is 2. The fourth-order valence-corrected chi connectivity index (χ4v) is 9.70. The third kappa shape index (κ3) is 9.47. The van der Waals surface area contributed by atoms with Gasteiger partial charge in [-0.1, -0.05) is 97.1 Å². The van der Waals surface area contributed by atoms with Crippen molar-refractivity contribution in [1.82, 2.24) is 9.88 Å². The molecule has 1 aromatic heterocycles. The number of pyridine rings is 1. The van der Waals surface area contributed by atoms with Crippen LogP contribution < -0.4 is 9.47 Å². The van der Waals surface area contributed by atoms with Crippen LogP contribution in [0.25, 0.3) is 10.8 Å². The topological polar surface area (TPSA) is 85.8 Å². The predicted molar refractivity (Wildman–Crippen MR) is 249 cm³/mol. The first-order valence-electron chi connectivity index (χ1n) is 21.8. The molecule has 5 aromatic carbocycles. The van der Waals surface area contributed by atoms with Crippen LogP contribution in [0.3, 0.4) is 0 Å². The number of aryl methyl sites for hydroxylation is 2. The molecule has 6 aromatic rings. The summed E-state index contributed by atoms with van der Waals surface area (Å²) in [5.41, 5.74) is 4.89. The molecule has 1 aliphatic heterocycles. The second-order valence-corrected chi connectivity index (χ2v) is 16.8. The number of aromatic nitrogens is 1. The molecule has 0 spiro atoms. The van der Waals surface area contributed by atoms with Gasteiger partial charge in [0, 0.05) is 41.3 Å². The Morgan fingerprint density at radius 3 is 1.95 bits per heavy atom. The van der Waals surface area contributed by atoms with Gasteiger partial charge >= 0.3 is 0 Å². The lowest BCUT2D eigenvalue weighted by atomic mass is 9.68. The van der Waals surface area contributed by atoms with Gasteiger partial charge < -0.3 is 9.47 Å². The van der Waals surface area contributed by atoms with Crippen LogP contribution in [0.2, 0.25) is 0 Å². The highest BCUT2D eigenvalue weighted by Gasteiger charge is 2.43. The second kappa shape index (κ2) is 19.9. The number of imide groups is 1. The van der Waals surface area contributed by atoms with Gasteiger partial charge in [0.25, 0.3) is 11.8 Å². The van der Waals surface area contributed by atoms with E-state index in [9.17, 15) is 18.8 Å². The third-order valence-electron chi connectivity index (χ3n) is 13.0. The molecule has 0 N–H and O–H groups in total. The summed E-state index contributed by atoms with van der Waals surface area (Å²) < 4.78 is 25.1. The standard InChI is InChI=1S/C54H53FN2O5.ClH/c1-61-48-34-39-35-50(53(30-12-5-13-31-53)37-57-51(59)44-21-10-11-22-45(44)52(57)60)56-47(46(39)36-49(48)62-2)23-15-33-54(40-16-6-3-7-17-40,41-18-8-4-9-19-41)32-14-20-43(58)29-26-38-24-27-42(55)28-25-38;/h3-4,6-12,16-19,21-22,24-25,27-28,30,34-36H,5,13-15,20,23,26,29,31-33,37H2,1-2H3;1H. The molecule has 9 heteroatoms. The van der Waals surface area contributed by atoms with Gasteiger partial charge in [0.1, 0.15) is 11.6 Å². The number of methoxy groups -OCH3 is 2. The number of rotatable bonds is 18. The van der Waals surface area contributed by atoms with Crippen molar-refractivity contribution in [3.8, 4) is 11.5 Å². The molecule has 8 rings (SSSR count). The van der Waals surface area contributed by atoms with Gasteiger partial charge in [-0.05, 0) is 122 Å². The van der Waals surface area contributed by atoms with Crippen LogP contribution in [-0.2, 0) is 28.5 Å². The molecule has 0 bridgehead atoms. The van der Waals surface area contributed by atoms with Crippen LogP contribution >= 0.6 is 12.4 Å². The molecule has 0 radical (unpaired) electrons. The molecular weight excluding hydrogens is 811 g/mol. The SMILES string of the molecule is COc1cc2cc(C3(CN4C(=O)c5ccccc5C4=O)C=CCCC3)nc(CCCC(CCCC(=O)CCc3ccc(F)cc3)(c3ccccc3)c3ccccc3)c2cc1OC.Cl. The molecule has 1 atom stereocenters. The number of benzene rings is 5. The number of carbonyl (C=O) groups excluding carboxylic acids is 3. The first-order valence-corrected chi connectivity index (χ1v) is 21.8. The van der Waals surface area contributed by atoms with E-state index in [2.05, 4.69) is 66.7 Å². The maximum absolute atomic E-state index is 13.8. The van der Waals surface area contributed by atoms with Crippen molar-refractivity contribution in [3.63, 3.8) is 0 Å². The summed E-state index contributed by atoms with van der Waals surface area (Å²) in [7, 11) is 3.27. The third-order valence-corrected chi connectivity index (χ3v) is 13.0. The van der Waals surface area contributed by atoms with Crippen molar-refractivity contribution in [3.05, 3.63) is 185 Å². The second-order valence-electron chi connectivity index (χ2n) is 16.8. The smallest absolute Gasteiger partial charge is 0.261 e. The first-order chi connectivity index (χ1) is 30.2. The summed E-state index contributed by atoms with van der Waals surface area (Å²) in [5, 5.41) is 1.90. The Kier molecular flexibility index (Phi) is 14.2. The first kappa shape index (κ1) is 44.9. The minimum absolute atomic E-state index is 0. The summed E-state index contributed by atoms with van der Waals surface area (Å²) in [6, 6.07) is 40.8. The van der Waals surface area contributed by atoms with Crippen molar-refractivity contribution in [1.29, 1.82) is 0 Å². The van der Waals surface area contributed by atoms with Crippen molar-refractivity contribution in [2.45, 2.75) is 81.5 Å². The number of amides is 2. The highest BCUT2D eigenvalue weighted by Crippen LogP contribution is 2.44. The molecule has 7 nitrogen and oxygen atoms in total. The van der Waals surface area contributed by atoms with Crippen molar-refractivity contribution in [2.24, 2.45) is 0 Å². The predicted octanol–water partition coefficient (Wildman–Crippen LogP) is 11.8. The van der Waals surface area contributed by atoms with Crippen molar-refractivity contribution < 1.29 is 28.2 Å². The van der Waals surface area contributed by atoms with Crippen molar-refractivity contribution in [2.75, 3.05) is 20.8 Å². The molecule has 1 aliphatic carbocycles. The minimum Gasteiger partial charge on any atom is -0.493 e. The summed E-state index contributed by atoms with van der Waals surface area (Å²) in [6.45, 7) is 0.189. The Morgan fingerprint density at radius 1 is 0.746 bits per heavy atom. The largest absolute Gasteiger partial charge is 0.493 e. The maximum Gasteiger partial charge on any atom is 0.261 e. The normalized spacial score (nSPS) is 15.9. The minimum atomic E-state index is -0.692. The molecule has 1 unspecified atom stereocenters. The van der Waals surface area contributed by atoms with Gasteiger partial charge in [-0.2, -0.15) is 0 Å². The zero-order chi connectivity index (χ0) is 43.1. The van der Waals surface area contributed by atoms with E-state index >= 15 is 0 Å². The summed E-state index contributed by atoms with van der Waals surface area (Å²) in [5.74, 6) is 0.596. The van der Waals surface area contributed by atoms with Gasteiger partial charge in [0.15, 0.2) is 11.5 Å². The molecule has 0 fully saturated rings. The van der Waals surface area contributed by atoms with Crippen LogP contribution in [0.5, 0.6) is 11.5 Å². The van der Waals surface area contributed by atoms with Crippen LogP contribution in [0, 0.1) is 5.82 Å². The van der Waals surface area contributed by atoms with E-state index in [1.54, 1.807) is 50.6 Å². The zero-order valence-corrected chi connectivity index (χ0v) is 36.8. The molecule has 2 aliphatic rings. The molecule has 2 heterocycles. The number of hydrogen-bond acceptors (Lipinski definition) is 6. The van der Waals surface area contributed by atoms with Crippen LogP contribution in [-0.4, -0.2) is 48.2 Å². The summed E-state index contributed by atoms with van der Waals surface area (Å²) >= 11 is 0. The van der Waals surface area contributed by atoms with Crippen molar-refractivity contribution >= 4 is 40.8 Å². The average Bonchev–Trinajstić information content (AvgIpc) is 3.55. The van der Waals surface area contributed by atoms with E-state index in [1.165, 1.54) is 28.2 Å². The Labute approximate surface area is 375 Å². The molecule has 0 saturated carbocycles. The molecule has 324 valence electrons. The highest BCUT2D eigenvalue weighted by molar-refractivity contribution is 6.21. The number of carbonyl (C=O) groups is 3. The average molecular weight is 865 g/mol. The lowest BCUT2D eigenvalue weighted by molar-refractivity contribution is -0.119. The number of ketones is 1. The quantitative estimate of drug-likeness (QED) is 0.0632. The number of ether oxygens (including phenoxy) is 2. The number of fused-ring (bicyclic) bond motifs is 2. The Hall–Kier alpha value is -6.12. The Balaban J connectivity index is 0.00000595. The highest BCUT2D eigenvalue weighted by atomic mass is 35.5. The van der Waals surface area contributed by atoms with E-state index < -0.39 is 5.41 Å². The van der Waals surface area contributed by atoms with Gasteiger partial charge in [-0.25, -0.2) is 4.39 Å². The zero-order valence-electron chi connectivity index (χ0n) is 36.0. The maximum atomic E-state index is 13.8. The number of halogens is 2. The monoisotopic (exact) mass is 864 g/mol. The van der Waals surface area contributed by atoms with Gasteiger partial charge in [-0.15, -0.1) is 12.4 Å². The Bertz CT molecular complexity index is 2520. The number of Topliss-reactive ketones (excluding diaryl/α,β-unsaturated/α-hetero) is 1. The van der Waals surface area contributed by atoms with Crippen LogP contribution in [0.4, 0.5) is 4.39 Å². The molecule has 2 amide bonds. The van der Waals surface area contributed by atoms with E-state index in [0.29, 0.717) is 54.7 Å². The van der Waals surface area contributed by atoms with E-state index in [1.807, 2.05) is 24.3 Å². The van der Waals surface area contributed by atoms with E-state index in [4.69, 9.17) is 14.5 Å². The fraction of sp³-hybridized carbons (Fsp3) is 0.296. The molecule has 0 saturated heterocycles. The summed E-state index contributed by atoms with van der Waals surface area (Å²) in [4.78, 5) is 47.8. The number of hydrogen-bond donors (Lipinski definition) is 0. The Morgan fingerprint density at radius 2 is 1.35 bits per heavy atom. The molecule has 63 heavy (non-hydrogen) atoms. The van der Waals surface area contributed by atoms with Gasteiger partial charge in [0.2, 0.25) is 0 Å². The van der Waals surface area contributed by atoms with Crippen LogP contribution in [0.15, 0.2) is 140 Å². The van der Waals surface area contributed by atoms with E-state index in [-0.39, 0.29) is 47.8 Å². The molecular formula is C54H54ClFN2O5. The lowest BCUT2D eigenvalue weighted by Crippen LogP contribution is -2.44.